The van der Waals surface area contributed by atoms with Crippen LogP contribution in [-0.2, 0) is 33.7 Å². The molecule has 334 valence electrons. The Morgan fingerprint density at radius 3 is 2.08 bits per heavy atom. The minimum Gasteiger partial charge on any atom is -0.497 e. The van der Waals surface area contributed by atoms with E-state index in [1.54, 1.807) is 43.8 Å². The van der Waals surface area contributed by atoms with Crippen LogP contribution in [-0.4, -0.2) is 137 Å². The van der Waals surface area contributed by atoms with Gasteiger partial charge in [-0.15, -0.1) is 0 Å². The van der Waals surface area contributed by atoms with Gasteiger partial charge in [0.1, 0.15) is 48.1 Å². The fourth-order valence-corrected chi connectivity index (χ4v) is 9.18. The molecule has 0 saturated carbocycles. The smallest absolute Gasteiger partial charge is 0.259 e. The van der Waals surface area contributed by atoms with Crippen LogP contribution in [0.3, 0.4) is 0 Å². The molecular formula is C45H61N8O8P. The molecule has 1 N–H and O–H groups in total. The van der Waals surface area contributed by atoms with Gasteiger partial charge in [0.25, 0.3) is 8.53 Å². The number of hydrogen-bond donors (Lipinski definition) is 1. The summed E-state index contributed by atoms with van der Waals surface area (Å²) in [5, 5.41) is 12.2. The maximum atomic E-state index is 12.9. The van der Waals surface area contributed by atoms with Crippen LogP contribution in [0.25, 0.3) is 0 Å². The number of hydrogen-bond acceptors (Lipinski definition) is 14. The van der Waals surface area contributed by atoms with Crippen LogP contribution in [0.1, 0.15) is 57.7 Å². The summed E-state index contributed by atoms with van der Waals surface area (Å²) in [6.07, 6.45) is -0.510. The molecular weight excluding hydrogens is 812 g/mol. The molecule has 0 spiro atoms. The molecule has 5 rings (SSSR count). The second kappa shape index (κ2) is 22.9. The highest BCUT2D eigenvalue weighted by Crippen LogP contribution is 2.50. The average Bonchev–Trinajstić information content (AvgIpc) is 3.63. The van der Waals surface area contributed by atoms with Gasteiger partial charge in [0.2, 0.25) is 11.9 Å². The van der Waals surface area contributed by atoms with E-state index in [0.29, 0.717) is 11.5 Å². The lowest BCUT2D eigenvalue weighted by Crippen LogP contribution is -2.49. The number of aliphatic imine (C=N–C) groups is 3. The first-order chi connectivity index (χ1) is 29.9. The minimum absolute atomic E-state index is 0.000241. The van der Waals surface area contributed by atoms with E-state index >= 15 is 0 Å². The number of methoxy groups -OCH3 is 3. The van der Waals surface area contributed by atoms with Crippen molar-refractivity contribution in [2.24, 2.45) is 15.0 Å². The van der Waals surface area contributed by atoms with Gasteiger partial charge in [-0.25, -0.2) is 14.7 Å². The summed E-state index contributed by atoms with van der Waals surface area (Å²) < 4.78 is 47.7. The number of amides is 1. The number of guanidine groups is 1. The van der Waals surface area contributed by atoms with Gasteiger partial charge in [0.15, 0.2) is 6.23 Å². The SMILES string of the molecule is COc1ccc(C(OC[C@H]2O[C@@H](N3C=NCC(=O)NC(N=CN(C)C)=NC3C)[C@@H](OC)C2OP(OCCC#N)N(C(C)C)C(C)C)(c2ccccc2)c2ccc(OC)cc2)cc1. The lowest BCUT2D eigenvalue weighted by molar-refractivity contribution is -0.118. The molecule has 62 heavy (non-hydrogen) atoms. The van der Waals surface area contributed by atoms with Gasteiger partial charge >= 0.3 is 0 Å². The molecule has 0 aromatic heterocycles. The zero-order valence-electron chi connectivity index (χ0n) is 37.4. The van der Waals surface area contributed by atoms with Gasteiger partial charge in [-0.1, -0.05) is 54.6 Å². The number of nitrogens with zero attached hydrogens (tertiary/aromatic N) is 7. The minimum atomic E-state index is -1.77. The quantitative estimate of drug-likeness (QED) is 0.0480. The van der Waals surface area contributed by atoms with E-state index in [2.05, 4.69) is 53.7 Å². The lowest BCUT2D eigenvalue weighted by Gasteiger charge is -2.39. The normalized spacial score (nSPS) is 21.4. The molecule has 2 heterocycles. The summed E-state index contributed by atoms with van der Waals surface area (Å²) in [7, 11) is 6.75. The molecule has 16 nitrogen and oxygen atoms in total. The van der Waals surface area contributed by atoms with Gasteiger partial charge < -0.3 is 42.5 Å². The van der Waals surface area contributed by atoms with E-state index in [0.717, 1.165) is 16.7 Å². The van der Waals surface area contributed by atoms with Crippen LogP contribution in [0.4, 0.5) is 0 Å². The van der Waals surface area contributed by atoms with Gasteiger partial charge in [0, 0.05) is 33.3 Å². The van der Waals surface area contributed by atoms with Gasteiger partial charge in [-0.3, -0.25) is 15.1 Å². The first kappa shape index (κ1) is 48.1. The Hall–Kier alpha value is -4.98. The summed E-state index contributed by atoms with van der Waals surface area (Å²) >= 11 is 0. The van der Waals surface area contributed by atoms with Crippen LogP contribution >= 0.6 is 8.53 Å². The molecule has 3 unspecified atom stereocenters. The van der Waals surface area contributed by atoms with E-state index in [-0.39, 0.29) is 50.1 Å². The Balaban J connectivity index is 1.66. The van der Waals surface area contributed by atoms with E-state index in [4.69, 9.17) is 37.7 Å². The fraction of sp³-hybridized carbons (Fsp3) is 0.489. The van der Waals surface area contributed by atoms with Gasteiger partial charge in [-0.2, -0.15) is 5.26 Å². The van der Waals surface area contributed by atoms with Crippen molar-refractivity contribution in [1.82, 2.24) is 19.8 Å². The Bertz CT molecular complexity index is 1940. The number of nitrogens with one attached hydrogen (secondary N) is 1. The van der Waals surface area contributed by atoms with Gasteiger partial charge in [-0.05, 0) is 75.6 Å². The third-order valence-electron chi connectivity index (χ3n) is 10.2. The molecule has 0 radical (unpaired) electrons. The van der Waals surface area contributed by atoms with Crippen molar-refractivity contribution in [3.8, 4) is 17.6 Å². The van der Waals surface area contributed by atoms with Gasteiger partial charge in [0.05, 0.1) is 52.6 Å². The summed E-state index contributed by atoms with van der Waals surface area (Å²) in [6, 6.07) is 27.9. The maximum Gasteiger partial charge on any atom is 0.259 e. The summed E-state index contributed by atoms with van der Waals surface area (Å²) in [4.78, 5) is 30.1. The lowest BCUT2D eigenvalue weighted by atomic mass is 9.80. The van der Waals surface area contributed by atoms with Crippen LogP contribution in [0.5, 0.6) is 11.5 Å². The van der Waals surface area contributed by atoms with E-state index in [1.807, 2.05) is 99.9 Å². The summed E-state index contributed by atoms with van der Waals surface area (Å²) in [5.41, 5.74) is 1.39. The molecule has 1 saturated heterocycles. The largest absolute Gasteiger partial charge is 0.497 e. The van der Waals surface area contributed by atoms with E-state index < -0.39 is 44.8 Å². The zero-order chi connectivity index (χ0) is 44.8. The molecule has 0 aliphatic carbocycles. The topological polar surface area (TPSA) is 164 Å². The highest BCUT2D eigenvalue weighted by Gasteiger charge is 2.52. The Kier molecular flexibility index (Phi) is 17.8. The number of carbonyl (C=O) groups is 1. The fourth-order valence-electron chi connectivity index (χ4n) is 7.41. The van der Waals surface area contributed by atoms with Crippen LogP contribution < -0.4 is 14.8 Å². The molecule has 2 aliphatic rings. The van der Waals surface area contributed by atoms with Crippen LogP contribution in [0.15, 0.2) is 93.8 Å². The molecule has 2 aliphatic heterocycles. The first-order valence-electron chi connectivity index (χ1n) is 20.6. The summed E-state index contributed by atoms with van der Waals surface area (Å²) in [6.45, 7) is 10.2. The highest BCUT2D eigenvalue weighted by molar-refractivity contribution is 7.44. The van der Waals surface area contributed by atoms with E-state index in [9.17, 15) is 10.1 Å². The monoisotopic (exact) mass is 872 g/mol. The standard InChI is InChI=1S/C45H61N8O8P/c1-31(2)53(32(3)4)62(59-26-14-25-46)61-41-39(60-43(42(41)57-10)52-29-47-27-40(54)50-44(49-33(52)5)48-30-51(6)7)28-58-45(34-15-12-11-13-16-34,35-17-21-37(55-8)22-18-35)36-19-23-38(56-9)24-20-36/h11-13,15-24,29-33,39,41-43H,14,26-28H2,1-10H3,(H,49,50,54)/t33?,39-,41?,42+,43-,62?/m1/s1. The third-order valence-corrected chi connectivity index (χ3v) is 12.3. The number of nitriles is 1. The Morgan fingerprint density at radius 1 is 0.952 bits per heavy atom. The van der Waals surface area contributed by atoms with Crippen molar-refractivity contribution >= 4 is 33.1 Å². The van der Waals surface area contributed by atoms with Crippen LogP contribution in [0.2, 0.25) is 0 Å². The molecule has 3 aromatic rings. The second-order valence-corrected chi connectivity index (χ2v) is 16.8. The number of ether oxygens (including phenoxy) is 5. The molecule has 0 bridgehead atoms. The second-order valence-electron chi connectivity index (χ2n) is 15.4. The van der Waals surface area contributed by atoms with Crippen molar-refractivity contribution in [3.63, 3.8) is 0 Å². The van der Waals surface area contributed by atoms with Crippen molar-refractivity contribution in [3.05, 3.63) is 95.6 Å². The molecule has 6 atom stereocenters. The first-order valence-corrected chi connectivity index (χ1v) is 21.8. The van der Waals surface area contributed by atoms with Crippen molar-refractivity contribution in [1.29, 1.82) is 5.26 Å². The van der Waals surface area contributed by atoms with Crippen molar-refractivity contribution in [2.75, 3.05) is 55.2 Å². The number of benzene rings is 3. The van der Waals surface area contributed by atoms with Crippen molar-refractivity contribution in [2.45, 2.75) is 89.4 Å². The van der Waals surface area contributed by atoms with E-state index in [1.165, 1.54) is 0 Å². The average molecular weight is 873 g/mol. The van der Waals surface area contributed by atoms with Crippen molar-refractivity contribution < 1.29 is 37.5 Å². The Labute approximate surface area is 367 Å². The predicted octanol–water partition coefficient (Wildman–Crippen LogP) is 6.17. The zero-order valence-corrected chi connectivity index (χ0v) is 38.3. The van der Waals surface area contributed by atoms with Crippen LogP contribution in [0, 0.1) is 11.3 Å². The predicted molar refractivity (Wildman–Crippen MR) is 240 cm³/mol. The number of rotatable bonds is 19. The number of carbonyl (C=O) groups excluding carboxylic acids is 1. The Morgan fingerprint density at radius 2 is 1.55 bits per heavy atom. The third kappa shape index (κ3) is 11.7. The molecule has 3 aromatic carbocycles. The molecule has 1 fully saturated rings. The maximum absolute atomic E-state index is 12.9. The highest BCUT2D eigenvalue weighted by atomic mass is 31.2. The molecule has 1 amide bonds. The molecule has 17 heteroatoms. The summed E-state index contributed by atoms with van der Waals surface area (Å²) in [5.74, 6) is 1.15.